The zero-order chi connectivity index (χ0) is 16.0. The van der Waals surface area contributed by atoms with Gasteiger partial charge in [-0.15, -0.1) is 0 Å². The molecule has 0 heterocycles. The number of hydrogen-bond acceptors (Lipinski definition) is 4. The lowest BCUT2D eigenvalue weighted by atomic mass is 10.1. The van der Waals surface area contributed by atoms with Crippen LogP contribution in [0.5, 0.6) is 5.75 Å². The van der Waals surface area contributed by atoms with Crippen molar-refractivity contribution in [1.29, 1.82) is 0 Å². The summed E-state index contributed by atoms with van der Waals surface area (Å²) in [6.45, 7) is 3.40. The fourth-order valence-electron chi connectivity index (χ4n) is 2.13. The van der Waals surface area contributed by atoms with Crippen LogP contribution in [0.1, 0.15) is 12.5 Å². The van der Waals surface area contributed by atoms with Crippen LogP contribution in [0.4, 0.5) is 5.69 Å². The van der Waals surface area contributed by atoms with Crippen molar-refractivity contribution in [3.63, 3.8) is 0 Å². The van der Waals surface area contributed by atoms with Gasteiger partial charge >= 0.3 is 0 Å². The summed E-state index contributed by atoms with van der Waals surface area (Å²) in [5.74, 6) is 0.887. The molecule has 0 radical (unpaired) electrons. The zero-order valence-corrected chi connectivity index (χ0v) is 13.7. The van der Waals surface area contributed by atoms with Crippen LogP contribution in [0.25, 0.3) is 0 Å². The van der Waals surface area contributed by atoms with Crippen molar-refractivity contribution in [2.24, 2.45) is 0 Å². The van der Waals surface area contributed by atoms with Crippen LogP contribution < -0.4 is 10.1 Å². The number of sulfone groups is 1. The highest BCUT2D eigenvalue weighted by molar-refractivity contribution is 7.90. The van der Waals surface area contributed by atoms with Crippen molar-refractivity contribution in [2.45, 2.75) is 18.2 Å². The Morgan fingerprint density at radius 3 is 2.45 bits per heavy atom. The lowest BCUT2D eigenvalue weighted by molar-refractivity contribution is 0.340. The molecule has 0 amide bonds. The Bertz CT molecular complexity index is 709. The van der Waals surface area contributed by atoms with E-state index in [0.29, 0.717) is 11.5 Å². The summed E-state index contributed by atoms with van der Waals surface area (Å²) in [6.07, 6.45) is 2.08. The molecule has 0 spiro atoms. The van der Waals surface area contributed by atoms with Gasteiger partial charge in [0, 0.05) is 18.5 Å². The highest BCUT2D eigenvalue weighted by Crippen LogP contribution is 2.16. The van der Waals surface area contributed by atoms with Crippen molar-refractivity contribution >= 4 is 15.5 Å². The molecule has 5 heteroatoms. The minimum Gasteiger partial charge on any atom is -0.494 e. The first-order chi connectivity index (χ1) is 10.5. The van der Waals surface area contributed by atoms with Gasteiger partial charge in [0.15, 0.2) is 9.84 Å². The molecule has 0 saturated heterocycles. The molecule has 0 unspecified atom stereocenters. The third-order valence-electron chi connectivity index (χ3n) is 3.23. The molecule has 1 N–H and O–H groups in total. The Kier molecular flexibility index (Phi) is 5.44. The summed E-state index contributed by atoms with van der Waals surface area (Å²) >= 11 is 0. The van der Waals surface area contributed by atoms with Gasteiger partial charge in [0.1, 0.15) is 5.75 Å². The maximum Gasteiger partial charge on any atom is 0.175 e. The molecule has 0 aromatic heterocycles. The Balaban J connectivity index is 1.90. The summed E-state index contributed by atoms with van der Waals surface area (Å²) < 4.78 is 28.3. The maximum absolute atomic E-state index is 11.4. The molecule has 0 fully saturated rings. The van der Waals surface area contributed by atoms with E-state index >= 15 is 0 Å². The lowest BCUT2D eigenvalue weighted by Gasteiger charge is -2.09. The number of ether oxygens (including phenoxy) is 1. The second kappa shape index (κ2) is 7.31. The predicted octanol–water partition coefficient (Wildman–Crippen LogP) is 3.14. The van der Waals surface area contributed by atoms with Gasteiger partial charge in [-0.1, -0.05) is 12.1 Å². The highest BCUT2D eigenvalue weighted by Gasteiger charge is 2.05. The Morgan fingerprint density at radius 1 is 1.09 bits per heavy atom. The second-order valence-corrected chi connectivity index (χ2v) is 7.07. The van der Waals surface area contributed by atoms with E-state index in [-0.39, 0.29) is 0 Å². The Labute approximate surface area is 132 Å². The van der Waals surface area contributed by atoms with Gasteiger partial charge in [-0.25, -0.2) is 8.42 Å². The molecule has 0 saturated carbocycles. The molecule has 22 heavy (non-hydrogen) atoms. The quantitative estimate of drug-likeness (QED) is 0.852. The van der Waals surface area contributed by atoms with Crippen LogP contribution in [0.2, 0.25) is 0 Å². The van der Waals surface area contributed by atoms with Crippen molar-refractivity contribution in [3.8, 4) is 5.75 Å². The maximum atomic E-state index is 11.4. The first kappa shape index (κ1) is 16.4. The molecule has 2 aromatic rings. The zero-order valence-electron chi connectivity index (χ0n) is 12.9. The fraction of sp³-hybridized carbons (Fsp3) is 0.294. The number of anilines is 1. The molecular weight excluding hydrogens is 298 g/mol. The smallest absolute Gasteiger partial charge is 0.175 e. The second-order valence-electron chi connectivity index (χ2n) is 5.05. The SMILES string of the molecule is CCOc1cccc(CCNc2ccc(S(C)(=O)=O)cc2)c1. The summed E-state index contributed by atoms with van der Waals surface area (Å²) in [6, 6.07) is 14.8. The Hall–Kier alpha value is -2.01. The van der Waals surface area contributed by atoms with E-state index in [0.717, 1.165) is 24.4 Å². The molecule has 4 nitrogen and oxygen atoms in total. The Morgan fingerprint density at radius 2 is 1.82 bits per heavy atom. The summed E-state index contributed by atoms with van der Waals surface area (Å²) in [4.78, 5) is 0.336. The normalized spacial score (nSPS) is 11.2. The van der Waals surface area contributed by atoms with Crippen molar-refractivity contribution in [2.75, 3.05) is 24.7 Å². The largest absolute Gasteiger partial charge is 0.494 e. The fourth-order valence-corrected chi connectivity index (χ4v) is 2.76. The molecule has 2 aromatic carbocycles. The van der Waals surface area contributed by atoms with E-state index < -0.39 is 9.84 Å². The van der Waals surface area contributed by atoms with Crippen molar-refractivity contribution in [1.82, 2.24) is 0 Å². The van der Waals surface area contributed by atoms with Crippen LogP contribution in [0.3, 0.4) is 0 Å². The highest BCUT2D eigenvalue weighted by atomic mass is 32.2. The molecular formula is C17H21NO3S. The molecule has 0 atom stereocenters. The van der Waals surface area contributed by atoms with Gasteiger partial charge < -0.3 is 10.1 Å². The van der Waals surface area contributed by atoms with Gasteiger partial charge in [0.25, 0.3) is 0 Å². The minimum atomic E-state index is -3.14. The molecule has 0 aliphatic rings. The van der Waals surface area contributed by atoms with E-state index in [9.17, 15) is 8.42 Å². The number of rotatable bonds is 7. The van der Waals surface area contributed by atoms with E-state index in [2.05, 4.69) is 11.4 Å². The molecule has 2 rings (SSSR count). The van der Waals surface area contributed by atoms with Gasteiger partial charge in [0.2, 0.25) is 0 Å². The van der Waals surface area contributed by atoms with Crippen LogP contribution in [0, 0.1) is 0 Å². The molecule has 0 bridgehead atoms. The van der Waals surface area contributed by atoms with E-state index in [1.54, 1.807) is 24.3 Å². The van der Waals surface area contributed by atoms with Gasteiger partial charge in [-0.3, -0.25) is 0 Å². The van der Waals surface area contributed by atoms with Crippen LogP contribution >= 0.6 is 0 Å². The number of benzene rings is 2. The lowest BCUT2D eigenvalue weighted by Crippen LogP contribution is -2.05. The first-order valence-corrected chi connectivity index (χ1v) is 9.14. The number of nitrogens with one attached hydrogen (secondary N) is 1. The topological polar surface area (TPSA) is 55.4 Å². The first-order valence-electron chi connectivity index (χ1n) is 7.25. The van der Waals surface area contributed by atoms with E-state index in [1.165, 1.54) is 11.8 Å². The average Bonchev–Trinajstić information content (AvgIpc) is 2.48. The summed E-state index contributed by atoms with van der Waals surface area (Å²) in [7, 11) is -3.14. The van der Waals surface area contributed by atoms with Gasteiger partial charge in [-0.05, 0) is 55.3 Å². The standard InChI is InChI=1S/C17H21NO3S/c1-3-21-16-6-4-5-14(13-16)11-12-18-15-7-9-17(10-8-15)22(2,19)20/h4-10,13,18H,3,11-12H2,1-2H3. The van der Waals surface area contributed by atoms with Crippen LogP contribution in [-0.2, 0) is 16.3 Å². The summed E-state index contributed by atoms with van der Waals surface area (Å²) in [5, 5.41) is 3.29. The number of hydrogen-bond donors (Lipinski definition) is 1. The van der Waals surface area contributed by atoms with Gasteiger partial charge in [0.05, 0.1) is 11.5 Å². The molecule has 0 aliphatic carbocycles. The monoisotopic (exact) mass is 319 g/mol. The van der Waals surface area contributed by atoms with Gasteiger partial charge in [-0.2, -0.15) is 0 Å². The predicted molar refractivity (Wildman–Crippen MR) is 89.4 cm³/mol. The van der Waals surface area contributed by atoms with Crippen LogP contribution in [-0.4, -0.2) is 27.8 Å². The average molecular weight is 319 g/mol. The third-order valence-corrected chi connectivity index (χ3v) is 4.36. The van der Waals surface area contributed by atoms with Crippen LogP contribution in [0.15, 0.2) is 53.4 Å². The van der Waals surface area contributed by atoms with E-state index in [1.807, 2.05) is 25.1 Å². The van der Waals surface area contributed by atoms with E-state index in [4.69, 9.17) is 4.74 Å². The summed E-state index contributed by atoms with van der Waals surface area (Å²) in [5.41, 5.74) is 2.11. The van der Waals surface area contributed by atoms with Crippen molar-refractivity contribution < 1.29 is 13.2 Å². The third kappa shape index (κ3) is 4.77. The molecule has 0 aliphatic heterocycles. The van der Waals surface area contributed by atoms with Crippen molar-refractivity contribution in [3.05, 3.63) is 54.1 Å². The molecule has 118 valence electrons. The minimum absolute atomic E-state index is 0.336.